The molecule has 2 nitrogen and oxygen atoms in total. The van der Waals surface area contributed by atoms with Crippen LogP contribution in [0.3, 0.4) is 0 Å². The largest absolute Gasteiger partial charge is 0.377 e. The first-order valence-corrected chi connectivity index (χ1v) is 7.21. The summed E-state index contributed by atoms with van der Waals surface area (Å²) in [6.45, 7) is 0. The smallest absolute Gasteiger partial charge is 0.123 e. The molecule has 0 saturated carbocycles. The van der Waals surface area contributed by atoms with Crippen molar-refractivity contribution < 1.29 is 4.39 Å². The van der Waals surface area contributed by atoms with Crippen LogP contribution in [0.25, 0.3) is 0 Å². The SMILES string of the molecule is N#Cc1ccc(Br)cc1NC1CCc2cc(F)ccc21. The van der Waals surface area contributed by atoms with E-state index < -0.39 is 0 Å². The molecular formula is C16H12BrFN2. The average molecular weight is 331 g/mol. The van der Waals surface area contributed by atoms with Crippen molar-refractivity contribution in [2.45, 2.75) is 18.9 Å². The third-order valence-corrected chi connectivity index (χ3v) is 4.11. The molecule has 4 heteroatoms. The number of fused-ring (bicyclic) bond motifs is 1. The molecule has 1 unspecified atom stereocenters. The topological polar surface area (TPSA) is 35.8 Å². The van der Waals surface area contributed by atoms with Crippen LogP contribution in [-0.4, -0.2) is 0 Å². The first-order valence-electron chi connectivity index (χ1n) is 6.42. The molecule has 0 saturated heterocycles. The maximum absolute atomic E-state index is 13.2. The fraction of sp³-hybridized carbons (Fsp3) is 0.188. The van der Waals surface area contributed by atoms with Gasteiger partial charge in [0.15, 0.2) is 0 Å². The van der Waals surface area contributed by atoms with Gasteiger partial charge in [-0.3, -0.25) is 0 Å². The zero-order valence-electron chi connectivity index (χ0n) is 10.7. The van der Waals surface area contributed by atoms with E-state index in [9.17, 15) is 4.39 Å². The predicted molar refractivity (Wildman–Crippen MR) is 79.9 cm³/mol. The molecule has 0 radical (unpaired) electrons. The van der Waals surface area contributed by atoms with Gasteiger partial charge in [-0.05, 0) is 54.3 Å². The van der Waals surface area contributed by atoms with Gasteiger partial charge in [-0.1, -0.05) is 22.0 Å². The van der Waals surface area contributed by atoms with E-state index in [1.165, 1.54) is 6.07 Å². The Labute approximate surface area is 125 Å². The van der Waals surface area contributed by atoms with E-state index in [0.29, 0.717) is 5.56 Å². The maximum Gasteiger partial charge on any atom is 0.123 e. The molecule has 20 heavy (non-hydrogen) atoms. The van der Waals surface area contributed by atoms with Gasteiger partial charge in [0.25, 0.3) is 0 Å². The highest BCUT2D eigenvalue weighted by atomic mass is 79.9. The lowest BCUT2D eigenvalue weighted by Crippen LogP contribution is -2.08. The number of nitriles is 1. The van der Waals surface area contributed by atoms with Gasteiger partial charge in [0, 0.05) is 4.47 Å². The Kier molecular flexibility index (Phi) is 3.45. The summed E-state index contributed by atoms with van der Waals surface area (Å²) in [5.41, 5.74) is 3.60. The number of halogens is 2. The number of benzene rings is 2. The van der Waals surface area contributed by atoms with E-state index in [1.54, 1.807) is 12.1 Å². The van der Waals surface area contributed by atoms with Crippen LogP contribution in [0.1, 0.15) is 29.2 Å². The van der Waals surface area contributed by atoms with Gasteiger partial charge in [0.05, 0.1) is 17.3 Å². The monoisotopic (exact) mass is 330 g/mol. The van der Waals surface area contributed by atoms with Crippen LogP contribution in [0.5, 0.6) is 0 Å². The first kappa shape index (κ1) is 13.1. The van der Waals surface area contributed by atoms with Crippen molar-refractivity contribution in [3.63, 3.8) is 0 Å². The third kappa shape index (κ3) is 2.41. The molecule has 100 valence electrons. The molecule has 1 aliphatic carbocycles. The van der Waals surface area contributed by atoms with Crippen LogP contribution in [-0.2, 0) is 6.42 Å². The second-order valence-electron chi connectivity index (χ2n) is 4.88. The summed E-state index contributed by atoms with van der Waals surface area (Å²) in [6.07, 6.45) is 1.77. The lowest BCUT2D eigenvalue weighted by molar-refractivity contribution is 0.626. The van der Waals surface area contributed by atoms with Crippen LogP contribution in [0.4, 0.5) is 10.1 Å². The van der Waals surface area contributed by atoms with Gasteiger partial charge < -0.3 is 5.32 Å². The minimum atomic E-state index is -0.190. The predicted octanol–water partition coefficient (Wildman–Crippen LogP) is 4.56. The molecule has 1 atom stereocenters. The van der Waals surface area contributed by atoms with E-state index >= 15 is 0 Å². The van der Waals surface area contributed by atoms with E-state index in [4.69, 9.17) is 5.26 Å². The highest BCUT2D eigenvalue weighted by Crippen LogP contribution is 2.35. The molecule has 0 fully saturated rings. The number of rotatable bonds is 2. The standard InChI is InChI=1S/C16H12BrFN2/c17-12-3-1-11(9-19)16(8-12)20-15-6-2-10-7-13(18)4-5-14(10)15/h1,3-5,7-8,15,20H,2,6H2. The van der Waals surface area contributed by atoms with Crippen LogP contribution >= 0.6 is 15.9 Å². The Bertz CT molecular complexity index is 706. The van der Waals surface area contributed by atoms with E-state index in [2.05, 4.69) is 27.3 Å². The molecule has 1 aliphatic rings. The van der Waals surface area contributed by atoms with E-state index in [0.717, 1.165) is 34.1 Å². The molecule has 0 aromatic heterocycles. The lowest BCUT2D eigenvalue weighted by Gasteiger charge is -2.17. The number of aryl methyl sites for hydroxylation is 1. The Morgan fingerprint density at radius 1 is 1.25 bits per heavy atom. The Morgan fingerprint density at radius 2 is 2.10 bits per heavy atom. The molecule has 0 spiro atoms. The quantitative estimate of drug-likeness (QED) is 0.876. The molecule has 3 rings (SSSR count). The summed E-state index contributed by atoms with van der Waals surface area (Å²) < 4.78 is 14.1. The average Bonchev–Trinajstić information content (AvgIpc) is 2.81. The second-order valence-corrected chi connectivity index (χ2v) is 5.80. The number of hydrogen-bond acceptors (Lipinski definition) is 2. The van der Waals surface area contributed by atoms with Gasteiger partial charge in [0.1, 0.15) is 11.9 Å². The van der Waals surface area contributed by atoms with Crippen LogP contribution < -0.4 is 5.32 Å². The zero-order chi connectivity index (χ0) is 14.1. The number of nitrogens with zero attached hydrogens (tertiary/aromatic N) is 1. The molecule has 0 bridgehead atoms. The molecule has 1 N–H and O–H groups in total. The summed E-state index contributed by atoms with van der Waals surface area (Å²) in [5.74, 6) is -0.190. The highest BCUT2D eigenvalue weighted by Gasteiger charge is 2.23. The van der Waals surface area contributed by atoms with E-state index in [-0.39, 0.29) is 11.9 Å². The number of hydrogen-bond donors (Lipinski definition) is 1. The van der Waals surface area contributed by atoms with Crippen molar-refractivity contribution in [2.75, 3.05) is 5.32 Å². The third-order valence-electron chi connectivity index (χ3n) is 3.61. The lowest BCUT2D eigenvalue weighted by atomic mass is 10.1. The maximum atomic E-state index is 13.2. The van der Waals surface area contributed by atoms with Crippen LogP contribution in [0.15, 0.2) is 40.9 Å². The summed E-state index contributed by atoms with van der Waals surface area (Å²) >= 11 is 3.42. The zero-order valence-corrected chi connectivity index (χ0v) is 12.2. The summed E-state index contributed by atoms with van der Waals surface area (Å²) in [6, 6.07) is 12.8. The second kappa shape index (κ2) is 5.26. The minimum Gasteiger partial charge on any atom is -0.377 e. The first-order chi connectivity index (χ1) is 9.67. The fourth-order valence-electron chi connectivity index (χ4n) is 2.66. The highest BCUT2D eigenvalue weighted by molar-refractivity contribution is 9.10. The van der Waals surface area contributed by atoms with Crippen molar-refractivity contribution in [1.82, 2.24) is 0 Å². The van der Waals surface area contributed by atoms with Crippen LogP contribution in [0.2, 0.25) is 0 Å². The molecule has 0 heterocycles. The van der Waals surface area contributed by atoms with Crippen molar-refractivity contribution in [2.24, 2.45) is 0 Å². The van der Waals surface area contributed by atoms with Crippen LogP contribution in [0, 0.1) is 17.1 Å². The molecular weight excluding hydrogens is 319 g/mol. The number of anilines is 1. The summed E-state index contributed by atoms with van der Waals surface area (Å²) in [7, 11) is 0. The van der Waals surface area contributed by atoms with Crippen molar-refractivity contribution in [3.05, 3.63) is 63.4 Å². The van der Waals surface area contributed by atoms with Gasteiger partial charge in [-0.2, -0.15) is 5.26 Å². The van der Waals surface area contributed by atoms with Crippen molar-refractivity contribution >= 4 is 21.6 Å². The Morgan fingerprint density at radius 3 is 2.90 bits per heavy atom. The Balaban J connectivity index is 1.91. The Hall–Kier alpha value is -1.86. The van der Waals surface area contributed by atoms with E-state index in [1.807, 2.05) is 18.2 Å². The number of nitrogens with one attached hydrogen (secondary N) is 1. The molecule has 2 aromatic carbocycles. The van der Waals surface area contributed by atoms with Gasteiger partial charge in [-0.25, -0.2) is 4.39 Å². The van der Waals surface area contributed by atoms with Crippen molar-refractivity contribution in [3.8, 4) is 6.07 Å². The van der Waals surface area contributed by atoms with Gasteiger partial charge in [0.2, 0.25) is 0 Å². The molecule has 0 amide bonds. The summed E-state index contributed by atoms with van der Waals surface area (Å²) in [5, 5.41) is 12.6. The van der Waals surface area contributed by atoms with Gasteiger partial charge >= 0.3 is 0 Å². The van der Waals surface area contributed by atoms with Crippen molar-refractivity contribution in [1.29, 1.82) is 5.26 Å². The fourth-order valence-corrected chi connectivity index (χ4v) is 3.02. The normalized spacial score (nSPS) is 16.6. The van der Waals surface area contributed by atoms with Gasteiger partial charge in [-0.15, -0.1) is 0 Å². The summed E-state index contributed by atoms with van der Waals surface area (Å²) in [4.78, 5) is 0. The minimum absolute atomic E-state index is 0.131. The molecule has 2 aromatic rings. The molecule has 0 aliphatic heterocycles.